The number of amides is 1. The van der Waals surface area contributed by atoms with E-state index in [0.717, 1.165) is 28.7 Å². The summed E-state index contributed by atoms with van der Waals surface area (Å²) in [7, 11) is -1.93. The molecule has 27 heavy (non-hydrogen) atoms. The van der Waals surface area contributed by atoms with Crippen molar-refractivity contribution in [2.24, 2.45) is 0 Å². The Bertz CT molecular complexity index is 939. The van der Waals surface area contributed by atoms with E-state index in [2.05, 4.69) is 5.32 Å². The molecule has 6 nitrogen and oxygen atoms in total. The summed E-state index contributed by atoms with van der Waals surface area (Å²) in [5, 5.41) is 2.80. The maximum Gasteiger partial charge on any atom is 0.251 e. The quantitative estimate of drug-likeness (QED) is 0.738. The minimum Gasteiger partial charge on any atom is -0.491 e. The Morgan fingerprint density at radius 2 is 1.74 bits per heavy atom. The fraction of sp³-hybridized carbons (Fsp3) is 0.350. The van der Waals surface area contributed by atoms with Crippen molar-refractivity contribution in [3.05, 3.63) is 58.7 Å². The number of carbonyl (C=O) groups is 1. The Labute approximate surface area is 161 Å². The van der Waals surface area contributed by atoms with Crippen LogP contribution in [0.2, 0.25) is 0 Å². The number of rotatable bonds is 7. The highest BCUT2D eigenvalue weighted by Gasteiger charge is 2.16. The van der Waals surface area contributed by atoms with E-state index in [-0.39, 0.29) is 5.91 Å². The van der Waals surface area contributed by atoms with Crippen LogP contribution in [0.1, 0.15) is 27.0 Å². The molecule has 2 rings (SSSR count). The highest BCUT2D eigenvalue weighted by atomic mass is 32.2. The second-order valence-corrected chi connectivity index (χ2v) is 8.62. The largest absolute Gasteiger partial charge is 0.491 e. The lowest BCUT2D eigenvalue weighted by molar-refractivity contribution is 0.0947. The van der Waals surface area contributed by atoms with Crippen molar-refractivity contribution in [2.75, 3.05) is 30.8 Å². The molecule has 0 aromatic heterocycles. The summed E-state index contributed by atoms with van der Waals surface area (Å²) in [6.07, 6.45) is 1.13. The number of nitrogens with one attached hydrogen (secondary N) is 1. The van der Waals surface area contributed by atoms with Gasteiger partial charge in [0, 0.05) is 12.6 Å². The number of hydrogen-bond acceptors (Lipinski definition) is 4. The van der Waals surface area contributed by atoms with Gasteiger partial charge in [0.2, 0.25) is 10.0 Å². The van der Waals surface area contributed by atoms with E-state index in [9.17, 15) is 13.2 Å². The normalized spacial score (nSPS) is 11.1. The maximum absolute atomic E-state index is 12.4. The Morgan fingerprint density at radius 3 is 2.41 bits per heavy atom. The van der Waals surface area contributed by atoms with Gasteiger partial charge in [0.25, 0.3) is 5.91 Å². The molecule has 0 spiro atoms. The van der Waals surface area contributed by atoms with Crippen LogP contribution >= 0.6 is 0 Å². The zero-order valence-electron chi connectivity index (χ0n) is 16.4. The first kappa shape index (κ1) is 20.8. The summed E-state index contributed by atoms with van der Waals surface area (Å²) >= 11 is 0. The summed E-state index contributed by atoms with van der Waals surface area (Å²) in [6, 6.07) is 11.0. The number of aryl methyl sites for hydroxylation is 3. The van der Waals surface area contributed by atoms with Crippen LogP contribution in [0.25, 0.3) is 0 Å². The molecule has 0 heterocycles. The molecule has 7 heteroatoms. The molecule has 1 N–H and O–H groups in total. The molecule has 0 saturated carbocycles. The molecule has 0 saturated heterocycles. The summed E-state index contributed by atoms with van der Waals surface area (Å²) in [5.74, 6) is 0.527. The zero-order chi connectivity index (χ0) is 20.2. The van der Waals surface area contributed by atoms with E-state index in [1.54, 1.807) is 25.1 Å². The third-order valence-electron chi connectivity index (χ3n) is 4.30. The Morgan fingerprint density at radius 1 is 1.07 bits per heavy atom. The van der Waals surface area contributed by atoms with Gasteiger partial charge in [-0.25, -0.2) is 8.42 Å². The second kappa shape index (κ2) is 8.43. The minimum absolute atomic E-state index is 0.275. The highest BCUT2D eigenvalue weighted by molar-refractivity contribution is 7.92. The zero-order valence-corrected chi connectivity index (χ0v) is 17.2. The van der Waals surface area contributed by atoms with Gasteiger partial charge in [-0.2, -0.15) is 0 Å². The van der Waals surface area contributed by atoms with Gasteiger partial charge in [-0.1, -0.05) is 18.2 Å². The first-order valence-corrected chi connectivity index (χ1v) is 10.5. The summed E-state index contributed by atoms with van der Waals surface area (Å²) in [6.45, 7) is 6.46. The van der Waals surface area contributed by atoms with Crippen molar-refractivity contribution in [1.82, 2.24) is 5.32 Å². The van der Waals surface area contributed by atoms with Crippen molar-refractivity contribution in [1.29, 1.82) is 0 Å². The smallest absolute Gasteiger partial charge is 0.251 e. The van der Waals surface area contributed by atoms with Gasteiger partial charge in [-0.15, -0.1) is 0 Å². The van der Waals surface area contributed by atoms with Gasteiger partial charge >= 0.3 is 0 Å². The average molecular weight is 391 g/mol. The summed E-state index contributed by atoms with van der Waals surface area (Å²) < 4.78 is 30.4. The minimum atomic E-state index is -3.40. The molecule has 0 atom stereocenters. The molecule has 146 valence electrons. The number of carbonyl (C=O) groups excluding carboxylic acids is 1. The third kappa shape index (κ3) is 5.47. The van der Waals surface area contributed by atoms with Gasteiger partial charge in [0.15, 0.2) is 0 Å². The molecule has 0 radical (unpaired) electrons. The standard InChI is InChI=1S/C20H26N2O4S/c1-14-6-7-16(3)19(12-14)26-11-10-21-20(23)17-9-8-15(2)18(13-17)22(4)27(5,24)25/h6-9,12-13H,10-11H2,1-5H3,(H,21,23). The lowest BCUT2D eigenvalue weighted by Gasteiger charge is -2.19. The van der Waals surface area contributed by atoms with Gasteiger partial charge in [0.1, 0.15) is 12.4 Å². The van der Waals surface area contributed by atoms with E-state index >= 15 is 0 Å². The third-order valence-corrected chi connectivity index (χ3v) is 5.49. The van der Waals surface area contributed by atoms with Crippen molar-refractivity contribution in [3.8, 4) is 5.75 Å². The molecule has 2 aromatic carbocycles. The number of hydrogen-bond donors (Lipinski definition) is 1. The monoisotopic (exact) mass is 390 g/mol. The first-order chi connectivity index (χ1) is 12.6. The predicted molar refractivity (Wildman–Crippen MR) is 108 cm³/mol. The number of nitrogens with zero attached hydrogens (tertiary/aromatic N) is 1. The average Bonchev–Trinajstić information content (AvgIpc) is 2.60. The maximum atomic E-state index is 12.4. The lowest BCUT2D eigenvalue weighted by Crippen LogP contribution is -2.29. The number of benzene rings is 2. The number of sulfonamides is 1. The molecule has 0 aliphatic rings. The van der Waals surface area contributed by atoms with Gasteiger partial charge in [0.05, 0.1) is 18.5 Å². The molecule has 1 amide bonds. The number of anilines is 1. The van der Waals surface area contributed by atoms with Gasteiger partial charge in [-0.3, -0.25) is 9.10 Å². The van der Waals surface area contributed by atoms with Crippen LogP contribution < -0.4 is 14.4 Å². The molecule has 0 bridgehead atoms. The summed E-state index contributed by atoms with van der Waals surface area (Å²) in [4.78, 5) is 12.4. The first-order valence-electron chi connectivity index (χ1n) is 8.62. The van der Waals surface area contributed by atoms with Crippen LogP contribution in [0.3, 0.4) is 0 Å². The fourth-order valence-corrected chi connectivity index (χ4v) is 3.11. The van der Waals surface area contributed by atoms with Crippen LogP contribution in [-0.2, 0) is 10.0 Å². The molecular weight excluding hydrogens is 364 g/mol. The second-order valence-electron chi connectivity index (χ2n) is 6.61. The van der Waals surface area contributed by atoms with E-state index in [0.29, 0.717) is 24.4 Å². The van der Waals surface area contributed by atoms with Crippen LogP contribution in [0.4, 0.5) is 5.69 Å². The van der Waals surface area contributed by atoms with Crippen LogP contribution in [0.5, 0.6) is 5.75 Å². The van der Waals surface area contributed by atoms with Crippen LogP contribution in [0.15, 0.2) is 36.4 Å². The van der Waals surface area contributed by atoms with E-state index in [1.807, 2.05) is 32.0 Å². The van der Waals surface area contributed by atoms with Crippen molar-refractivity contribution >= 4 is 21.6 Å². The number of ether oxygens (including phenoxy) is 1. The van der Waals surface area contributed by atoms with Crippen molar-refractivity contribution in [2.45, 2.75) is 20.8 Å². The topological polar surface area (TPSA) is 75.7 Å². The highest BCUT2D eigenvalue weighted by Crippen LogP contribution is 2.22. The molecule has 2 aromatic rings. The Balaban J connectivity index is 1.99. The van der Waals surface area contributed by atoms with Gasteiger partial charge < -0.3 is 10.1 Å². The summed E-state index contributed by atoms with van der Waals surface area (Å²) in [5.41, 5.74) is 3.81. The molecule has 0 fully saturated rings. The van der Waals surface area contributed by atoms with Crippen molar-refractivity contribution in [3.63, 3.8) is 0 Å². The van der Waals surface area contributed by atoms with Crippen LogP contribution in [0, 0.1) is 20.8 Å². The Kier molecular flexibility index (Phi) is 6.49. The fourth-order valence-electron chi connectivity index (χ4n) is 2.56. The predicted octanol–water partition coefficient (Wildman–Crippen LogP) is 2.82. The van der Waals surface area contributed by atoms with Crippen molar-refractivity contribution < 1.29 is 17.9 Å². The molecule has 0 aliphatic heterocycles. The lowest BCUT2D eigenvalue weighted by atomic mass is 10.1. The molecule has 0 aliphatic carbocycles. The molecular formula is C20H26N2O4S. The van der Waals surface area contributed by atoms with E-state index in [1.165, 1.54) is 11.4 Å². The van der Waals surface area contributed by atoms with Gasteiger partial charge in [-0.05, 0) is 55.7 Å². The van der Waals surface area contributed by atoms with E-state index < -0.39 is 10.0 Å². The van der Waals surface area contributed by atoms with E-state index in [4.69, 9.17) is 4.74 Å². The SMILES string of the molecule is Cc1ccc(C)c(OCCNC(=O)c2ccc(C)c(N(C)S(C)(=O)=O)c2)c1. The molecule has 0 unspecified atom stereocenters. The Hall–Kier alpha value is -2.54. The van der Waals surface area contributed by atoms with Crippen LogP contribution in [-0.4, -0.2) is 40.8 Å².